The average Bonchev–Trinajstić information content (AvgIpc) is 2.59. The number of carbonyl (C=O) groups is 1. The molecule has 0 radical (unpaired) electrons. The predicted octanol–water partition coefficient (Wildman–Crippen LogP) is 3.99. The van der Waals surface area contributed by atoms with Crippen LogP contribution in [0.4, 0.5) is 23.7 Å². The lowest BCUT2D eigenvalue weighted by molar-refractivity contribution is -0.274. The number of hydrogen-bond acceptors (Lipinski definition) is 3. The lowest BCUT2D eigenvalue weighted by Gasteiger charge is -2.20. The number of hydrogen-bond donors (Lipinski definition) is 1. The van der Waals surface area contributed by atoms with E-state index in [0.717, 1.165) is 11.3 Å². The van der Waals surface area contributed by atoms with Gasteiger partial charge in [0.15, 0.2) is 0 Å². The van der Waals surface area contributed by atoms with Gasteiger partial charge < -0.3 is 19.9 Å². The second-order valence-electron chi connectivity index (χ2n) is 6.23. The van der Waals surface area contributed by atoms with E-state index in [4.69, 9.17) is 0 Å². The number of nitrogens with one attached hydrogen (secondary N) is 1. The van der Waals surface area contributed by atoms with E-state index in [1.807, 2.05) is 43.3 Å². The van der Waals surface area contributed by atoms with E-state index in [1.165, 1.54) is 23.1 Å². The third-order valence-electron chi connectivity index (χ3n) is 3.85. The van der Waals surface area contributed by atoms with Crippen LogP contribution in [0.1, 0.15) is 11.1 Å². The van der Waals surface area contributed by atoms with E-state index in [9.17, 15) is 18.0 Å². The molecule has 146 valence electrons. The second kappa shape index (κ2) is 8.66. The third kappa shape index (κ3) is 6.40. The van der Waals surface area contributed by atoms with E-state index in [2.05, 4.69) is 10.1 Å². The van der Waals surface area contributed by atoms with Crippen LogP contribution in [0.15, 0.2) is 48.5 Å². The number of halogens is 3. The molecule has 0 unspecified atom stereocenters. The Labute approximate surface area is 156 Å². The first-order valence-electron chi connectivity index (χ1n) is 8.24. The smallest absolute Gasteiger partial charge is 0.405 e. The summed E-state index contributed by atoms with van der Waals surface area (Å²) in [7, 11) is 5.50. The van der Waals surface area contributed by atoms with Crippen LogP contribution in [0.2, 0.25) is 0 Å². The van der Waals surface area contributed by atoms with Gasteiger partial charge in [-0.3, -0.25) is 0 Å². The number of benzene rings is 2. The number of nitrogens with zero attached hydrogens (tertiary/aromatic N) is 2. The van der Waals surface area contributed by atoms with Crippen LogP contribution in [-0.2, 0) is 13.1 Å². The fourth-order valence-corrected chi connectivity index (χ4v) is 2.43. The minimum absolute atomic E-state index is 0.0744. The van der Waals surface area contributed by atoms with Crippen molar-refractivity contribution in [2.45, 2.75) is 19.5 Å². The Morgan fingerprint density at radius 3 is 2.26 bits per heavy atom. The summed E-state index contributed by atoms with van der Waals surface area (Å²) >= 11 is 0. The molecular formula is C19H22F3N3O2. The summed E-state index contributed by atoms with van der Waals surface area (Å²) in [5.41, 5.74) is 2.23. The molecule has 1 N–H and O–H groups in total. The number of ether oxygens (including phenoxy) is 1. The van der Waals surface area contributed by atoms with Gasteiger partial charge in [0.2, 0.25) is 0 Å². The van der Waals surface area contributed by atoms with Crippen LogP contribution in [0.5, 0.6) is 5.75 Å². The highest BCUT2D eigenvalue weighted by Crippen LogP contribution is 2.26. The van der Waals surface area contributed by atoms with Crippen LogP contribution < -0.4 is 15.0 Å². The molecule has 2 rings (SSSR count). The molecule has 0 saturated heterocycles. The standard InChI is InChI=1S/C19H22F3N3O2/c1-24(2)16-10-8-14(9-11-16)13-25(3)18(26)23-12-15-6-4-5-7-17(15)27-19(20,21)22/h4-11H,12-13H2,1-3H3,(H,23,26). The Morgan fingerprint density at radius 1 is 1.04 bits per heavy atom. The molecule has 0 spiro atoms. The van der Waals surface area contributed by atoms with Crippen molar-refractivity contribution in [2.24, 2.45) is 0 Å². The van der Waals surface area contributed by atoms with E-state index in [1.54, 1.807) is 13.1 Å². The molecule has 0 atom stereocenters. The summed E-state index contributed by atoms with van der Waals surface area (Å²) in [6.45, 7) is 0.301. The van der Waals surface area contributed by atoms with Crippen molar-refractivity contribution in [3.63, 3.8) is 0 Å². The zero-order valence-corrected chi connectivity index (χ0v) is 15.4. The normalized spacial score (nSPS) is 11.0. The number of alkyl halides is 3. The Kier molecular flexibility index (Phi) is 6.55. The Bertz CT molecular complexity index is 762. The summed E-state index contributed by atoms with van der Waals surface area (Å²) in [5, 5.41) is 2.61. The van der Waals surface area contributed by atoms with Gasteiger partial charge in [-0.25, -0.2) is 4.79 Å². The molecule has 2 aromatic carbocycles. The number of urea groups is 1. The van der Waals surface area contributed by atoms with Crippen LogP contribution in [0.3, 0.4) is 0 Å². The maximum absolute atomic E-state index is 12.4. The largest absolute Gasteiger partial charge is 0.573 e. The summed E-state index contributed by atoms with van der Waals surface area (Å²) in [6.07, 6.45) is -4.78. The molecule has 2 aromatic rings. The number of carbonyl (C=O) groups excluding carboxylic acids is 1. The minimum Gasteiger partial charge on any atom is -0.405 e. The topological polar surface area (TPSA) is 44.8 Å². The van der Waals surface area contributed by atoms with E-state index >= 15 is 0 Å². The van der Waals surface area contributed by atoms with Gasteiger partial charge in [0, 0.05) is 45.5 Å². The highest BCUT2D eigenvalue weighted by molar-refractivity contribution is 5.74. The first kappa shape index (κ1) is 20.4. The van der Waals surface area contributed by atoms with Crippen LogP contribution >= 0.6 is 0 Å². The number of para-hydroxylation sites is 1. The summed E-state index contributed by atoms with van der Waals surface area (Å²) < 4.78 is 41.3. The number of amides is 2. The summed E-state index contributed by atoms with van der Waals surface area (Å²) in [5.74, 6) is -0.327. The second-order valence-corrected chi connectivity index (χ2v) is 6.23. The molecule has 0 aliphatic rings. The van der Waals surface area contributed by atoms with Crippen LogP contribution in [-0.4, -0.2) is 38.4 Å². The summed E-state index contributed by atoms with van der Waals surface area (Å²) in [4.78, 5) is 15.7. The Morgan fingerprint density at radius 2 is 1.67 bits per heavy atom. The van der Waals surface area contributed by atoms with Crippen molar-refractivity contribution in [1.29, 1.82) is 0 Å². The molecule has 0 bridgehead atoms. The molecule has 0 aliphatic carbocycles. The first-order valence-corrected chi connectivity index (χ1v) is 8.24. The minimum atomic E-state index is -4.78. The highest BCUT2D eigenvalue weighted by Gasteiger charge is 2.32. The number of anilines is 1. The van der Waals surface area contributed by atoms with Gasteiger partial charge in [-0.1, -0.05) is 30.3 Å². The van der Waals surface area contributed by atoms with Crippen LogP contribution in [0, 0.1) is 0 Å². The third-order valence-corrected chi connectivity index (χ3v) is 3.85. The fourth-order valence-electron chi connectivity index (χ4n) is 2.43. The van der Waals surface area contributed by atoms with Crippen molar-refractivity contribution in [3.05, 3.63) is 59.7 Å². The van der Waals surface area contributed by atoms with Gasteiger partial charge in [-0.15, -0.1) is 13.2 Å². The molecule has 0 fully saturated rings. The van der Waals surface area contributed by atoms with Gasteiger partial charge in [-0.2, -0.15) is 0 Å². The molecule has 27 heavy (non-hydrogen) atoms. The molecular weight excluding hydrogens is 359 g/mol. The molecule has 8 heteroatoms. The van der Waals surface area contributed by atoms with E-state index in [0.29, 0.717) is 6.54 Å². The molecule has 0 heterocycles. The Hall–Kier alpha value is -2.90. The van der Waals surface area contributed by atoms with Crippen molar-refractivity contribution in [2.75, 3.05) is 26.0 Å². The zero-order valence-electron chi connectivity index (χ0n) is 15.4. The first-order chi connectivity index (χ1) is 12.7. The molecule has 0 saturated carbocycles. The predicted molar refractivity (Wildman–Crippen MR) is 97.6 cm³/mol. The fraction of sp³-hybridized carbons (Fsp3) is 0.316. The maximum atomic E-state index is 12.4. The van der Waals surface area contributed by atoms with E-state index < -0.39 is 12.4 Å². The molecule has 0 aromatic heterocycles. The van der Waals surface area contributed by atoms with Crippen molar-refractivity contribution < 1.29 is 22.7 Å². The summed E-state index contributed by atoms with van der Waals surface area (Å²) in [6, 6.07) is 13.1. The zero-order chi connectivity index (χ0) is 20.0. The van der Waals surface area contributed by atoms with Crippen molar-refractivity contribution in [1.82, 2.24) is 10.2 Å². The SMILES string of the molecule is CN(Cc1ccc(N(C)C)cc1)C(=O)NCc1ccccc1OC(F)(F)F. The van der Waals surface area contributed by atoms with E-state index in [-0.39, 0.29) is 17.9 Å². The lowest BCUT2D eigenvalue weighted by atomic mass is 10.2. The van der Waals surface area contributed by atoms with Gasteiger partial charge in [0.05, 0.1) is 0 Å². The highest BCUT2D eigenvalue weighted by atomic mass is 19.4. The van der Waals surface area contributed by atoms with Gasteiger partial charge in [0.1, 0.15) is 5.75 Å². The van der Waals surface area contributed by atoms with Crippen molar-refractivity contribution >= 4 is 11.7 Å². The number of rotatable bonds is 6. The molecule has 5 nitrogen and oxygen atoms in total. The average molecular weight is 381 g/mol. The molecule has 2 amide bonds. The maximum Gasteiger partial charge on any atom is 0.573 e. The quantitative estimate of drug-likeness (QED) is 0.823. The van der Waals surface area contributed by atoms with Crippen LogP contribution in [0.25, 0.3) is 0 Å². The molecule has 0 aliphatic heterocycles. The monoisotopic (exact) mass is 381 g/mol. The lowest BCUT2D eigenvalue weighted by Crippen LogP contribution is -2.36. The Balaban J connectivity index is 1.93. The van der Waals surface area contributed by atoms with Crippen molar-refractivity contribution in [3.8, 4) is 5.75 Å². The van der Waals surface area contributed by atoms with Gasteiger partial charge >= 0.3 is 12.4 Å². The van der Waals surface area contributed by atoms with Gasteiger partial charge in [-0.05, 0) is 23.8 Å². The van der Waals surface area contributed by atoms with Gasteiger partial charge in [0.25, 0.3) is 0 Å².